The van der Waals surface area contributed by atoms with Gasteiger partial charge in [-0.05, 0) is 96.7 Å². The molecular formula is C64H45BN2OSSi. The Hall–Kier alpha value is -7.90. The molecule has 0 aliphatic carbocycles. The third kappa shape index (κ3) is 5.35. The third-order valence-corrected chi connectivity index (χ3v) is 21.7. The second-order valence-corrected chi connectivity index (χ2v) is 25.1. The van der Waals surface area contributed by atoms with Crippen LogP contribution in [0.2, 0.25) is 0 Å². The summed E-state index contributed by atoms with van der Waals surface area (Å²) in [6, 6.07) is 82.7. The number of nitrogens with zero attached hydrogens (tertiary/aromatic N) is 2. The lowest BCUT2D eigenvalue weighted by molar-refractivity contribution is 0.590. The molecule has 0 fully saturated rings. The molecule has 3 aliphatic rings. The minimum atomic E-state index is -2.95. The van der Waals surface area contributed by atoms with Crippen LogP contribution >= 0.6 is 11.3 Å². The Morgan fingerprint density at radius 2 is 1.14 bits per heavy atom. The molecule has 0 atom stereocenters. The number of benzene rings is 10. The summed E-state index contributed by atoms with van der Waals surface area (Å²) in [4.78, 5) is 5.39. The van der Waals surface area contributed by atoms with Crippen molar-refractivity contribution >= 4 is 128 Å². The van der Waals surface area contributed by atoms with Gasteiger partial charge in [-0.15, -0.1) is 11.3 Å². The van der Waals surface area contributed by atoms with Crippen LogP contribution in [0.3, 0.4) is 0 Å². The van der Waals surface area contributed by atoms with Crippen LogP contribution in [0.15, 0.2) is 223 Å². The monoisotopic (exact) mass is 928 g/mol. The first-order valence-electron chi connectivity index (χ1n) is 24.4. The maximum Gasteiger partial charge on any atom is 0.333 e. The minimum Gasteiger partial charge on any atom is -0.456 e. The van der Waals surface area contributed by atoms with E-state index in [2.05, 4.69) is 249 Å². The lowest BCUT2D eigenvalue weighted by Crippen LogP contribution is -2.79. The zero-order valence-electron chi connectivity index (χ0n) is 39.1. The van der Waals surface area contributed by atoms with Gasteiger partial charge in [0, 0.05) is 70.4 Å². The van der Waals surface area contributed by atoms with E-state index in [4.69, 9.17) is 4.42 Å². The zero-order valence-corrected chi connectivity index (χ0v) is 40.9. The Morgan fingerprint density at radius 1 is 0.486 bits per heavy atom. The summed E-state index contributed by atoms with van der Waals surface area (Å²) < 4.78 is 9.55. The maximum absolute atomic E-state index is 6.91. The van der Waals surface area contributed by atoms with Crippen molar-refractivity contribution in [1.82, 2.24) is 0 Å². The van der Waals surface area contributed by atoms with Crippen molar-refractivity contribution in [2.75, 3.05) is 9.71 Å². The van der Waals surface area contributed by atoms with Crippen LogP contribution < -0.4 is 41.4 Å². The lowest BCUT2D eigenvalue weighted by atomic mass is 9.43. The molecule has 3 nitrogen and oxygen atoms in total. The van der Waals surface area contributed by atoms with Gasteiger partial charge in [0.15, 0.2) is 8.07 Å². The molecular weight excluding hydrogens is 884 g/mol. The average molecular weight is 929 g/mol. The zero-order chi connectivity index (χ0) is 46.5. The molecule has 0 amide bonds. The second-order valence-electron chi connectivity index (χ2n) is 20.3. The number of hydrogen-bond acceptors (Lipinski definition) is 4. The fourth-order valence-electron chi connectivity index (χ4n) is 12.6. The van der Waals surface area contributed by atoms with Crippen molar-refractivity contribution in [3.05, 3.63) is 224 Å². The van der Waals surface area contributed by atoms with Gasteiger partial charge >= 0.3 is 6.85 Å². The molecule has 12 aromatic rings. The van der Waals surface area contributed by atoms with Gasteiger partial charge in [-0.1, -0.05) is 191 Å². The highest BCUT2D eigenvalue weighted by molar-refractivity contribution is 7.27. The fraction of sp³-hybridized carbons (Fsp3) is 0.0625. The number of anilines is 5. The Morgan fingerprint density at radius 3 is 1.91 bits per heavy atom. The summed E-state index contributed by atoms with van der Waals surface area (Å²) >= 11 is 1.94. The van der Waals surface area contributed by atoms with Gasteiger partial charge < -0.3 is 14.1 Å². The summed E-state index contributed by atoms with van der Waals surface area (Å²) in [7, 11) is -2.95. The van der Waals surface area contributed by atoms with E-state index in [1.807, 2.05) is 11.3 Å². The smallest absolute Gasteiger partial charge is 0.333 e. The van der Waals surface area contributed by atoms with Crippen molar-refractivity contribution in [2.45, 2.75) is 26.2 Å². The van der Waals surface area contributed by atoms with Crippen molar-refractivity contribution in [3.8, 4) is 22.3 Å². The molecule has 15 rings (SSSR count). The SMILES string of the molecule is CC(C)(C)c1ccc(N2c3cc4c(cc3B3c5c2cc2c(sc6ccccc62)c5-c2cccc5c2N3c2ccccc2[Si]5(c2ccccc2)c2ccccc2)oc2ccccc24)c(-c2ccccc2)c1. The summed E-state index contributed by atoms with van der Waals surface area (Å²) in [6.07, 6.45) is 0. The highest BCUT2D eigenvalue weighted by atomic mass is 32.1. The highest BCUT2D eigenvalue weighted by Gasteiger charge is 2.55. The Labute approximate surface area is 412 Å². The van der Waals surface area contributed by atoms with Gasteiger partial charge in [0.05, 0.1) is 5.69 Å². The van der Waals surface area contributed by atoms with E-state index in [-0.39, 0.29) is 12.3 Å². The van der Waals surface area contributed by atoms with Gasteiger partial charge in [0.1, 0.15) is 11.2 Å². The maximum atomic E-state index is 6.91. The summed E-state index contributed by atoms with van der Waals surface area (Å²) in [5.41, 5.74) is 16.8. The van der Waals surface area contributed by atoms with Crippen molar-refractivity contribution < 1.29 is 4.42 Å². The van der Waals surface area contributed by atoms with Gasteiger partial charge in [0.2, 0.25) is 0 Å². The molecule has 0 saturated heterocycles. The Kier molecular flexibility index (Phi) is 8.33. The second kappa shape index (κ2) is 14.6. The number of rotatable bonds is 4. The quantitative estimate of drug-likeness (QED) is 0.164. The van der Waals surface area contributed by atoms with Crippen LogP contribution in [0.25, 0.3) is 64.4 Å². The molecule has 0 N–H and O–H groups in total. The number of furan rings is 1. The van der Waals surface area contributed by atoms with E-state index in [9.17, 15) is 0 Å². The molecule has 0 radical (unpaired) electrons. The Balaban J connectivity index is 1.15. The van der Waals surface area contributed by atoms with Crippen molar-refractivity contribution in [2.24, 2.45) is 0 Å². The average Bonchev–Trinajstić information content (AvgIpc) is 3.97. The number of hydrogen-bond donors (Lipinski definition) is 0. The molecule has 0 saturated carbocycles. The van der Waals surface area contributed by atoms with E-state index in [0.717, 1.165) is 27.6 Å². The van der Waals surface area contributed by atoms with E-state index < -0.39 is 8.07 Å². The lowest BCUT2D eigenvalue weighted by Gasteiger charge is -2.52. The van der Waals surface area contributed by atoms with Crippen LogP contribution in [0, 0.1) is 0 Å². The first-order chi connectivity index (χ1) is 34.4. The van der Waals surface area contributed by atoms with Gasteiger partial charge in [-0.2, -0.15) is 0 Å². The summed E-state index contributed by atoms with van der Waals surface area (Å²) in [5.74, 6) is 0. The summed E-state index contributed by atoms with van der Waals surface area (Å²) in [5, 5.41) is 10.4. The molecule has 10 aromatic carbocycles. The number of fused-ring (bicyclic) bond motifs is 13. The third-order valence-electron chi connectivity index (χ3n) is 15.6. The van der Waals surface area contributed by atoms with Crippen molar-refractivity contribution in [1.29, 1.82) is 0 Å². The molecule has 70 heavy (non-hydrogen) atoms. The van der Waals surface area contributed by atoms with Crippen LogP contribution in [0.4, 0.5) is 28.4 Å². The summed E-state index contributed by atoms with van der Waals surface area (Å²) in [6.45, 7) is 6.77. The minimum absolute atomic E-state index is 0.0520. The van der Waals surface area contributed by atoms with Crippen LogP contribution in [-0.2, 0) is 5.41 Å². The molecule has 0 unspecified atom stereocenters. The molecule has 0 spiro atoms. The standard InChI is InChI=1S/C64H45BN2OSSi/c1-64(2,3)41-34-35-51(47(36-41)40-20-7-4-8-21-40)66-53-37-48-44-26-13-16-30-55(44)68-56(48)39-50(53)65-61-54(66)38-49-45-27-14-17-31-57(45)69-63(49)60(61)46-28-19-33-59-62(46)67(65)52-29-15-18-32-58(52)70(59,42-22-9-5-10-23-42)43-24-11-6-12-25-43/h4-39H,1-3H3. The molecule has 330 valence electrons. The molecule has 0 bridgehead atoms. The number of thiophene rings is 1. The van der Waals surface area contributed by atoms with Crippen LogP contribution in [0.1, 0.15) is 26.3 Å². The predicted octanol–water partition coefficient (Wildman–Crippen LogP) is 13.3. The van der Waals surface area contributed by atoms with Gasteiger partial charge in [0.25, 0.3) is 0 Å². The van der Waals surface area contributed by atoms with E-state index in [1.54, 1.807) is 0 Å². The van der Waals surface area contributed by atoms with Gasteiger partial charge in [-0.3, -0.25) is 0 Å². The highest BCUT2D eigenvalue weighted by Crippen LogP contribution is 2.54. The molecule has 6 heteroatoms. The Bertz CT molecular complexity index is 4100. The number of para-hydroxylation sites is 3. The molecule has 2 aromatic heterocycles. The first-order valence-corrected chi connectivity index (χ1v) is 27.3. The largest absolute Gasteiger partial charge is 0.456 e. The first kappa shape index (κ1) is 40.0. The van der Waals surface area contributed by atoms with E-state index >= 15 is 0 Å². The van der Waals surface area contributed by atoms with E-state index in [1.165, 1.54) is 102 Å². The molecule has 3 aliphatic heterocycles. The van der Waals surface area contributed by atoms with E-state index in [0.29, 0.717) is 0 Å². The van der Waals surface area contributed by atoms with Crippen molar-refractivity contribution in [3.63, 3.8) is 0 Å². The van der Waals surface area contributed by atoms with Crippen LogP contribution in [-0.4, -0.2) is 14.9 Å². The van der Waals surface area contributed by atoms with Gasteiger partial charge in [-0.25, -0.2) is 0 Å². The normalized spacial score (nSPS) is 14.2. The predicted molar refractivity (Wildman–Crippen MR) is 302 cm³/mol. The topological polar surface area (TPSA) is 19.6 Å². The fourth-order valence-corrected chi connectivity index (χ4v) is 19.0. The van der Waals surface area contributed by atoms with Crippen LogP contribution in [0.5, 0.6) is 0 Å². The molecule has 5 heterocycles.